The van der Waals surface area contributed by atoms with Gasteiger partial charge in [0.1, 0.15) is 5.75 Å². The van der Waals surface area contributed by atoms with Crippen molar-refractivity contribution in [1.29, 1.82) is 0 Å². The Kier molecular flexibility index (Phi) is 4.48. The molecule has 20 heavy (non-hydrogen) atoms. The van der Waals surface area contributed by atoms with Gasteiger partial charge in [-0.3, -0.25) is 4.79 Å². The molecule has 2 rings (SSSR count). The molecule has 1 amide bonds. The summed E-state index contributed by atoms with van der Waals surface area (Å²) in [5.41, 5.74) is 9.15. The number of anilines is 1. The average molecular weight is 274 g/mol. The third-order valence-electron chi connectivity index (χ3n) is 3.13. The van der Waals surface area contributed by atoms with Crippen molar-refractivity contribution in [2.75, 3.05) is 18.0 Å². The molecular formula is C14H18N4O2. The normalized spacial score (nSPS) is 18.2. The van der Waals surface area contributed by atoms with Gasteiger partial charge in [0.15, 0.2) is 0 Å². The Labute approximate surface area is 118 Å². The van der Waals surface area contributed by atoms with E-state index in [1.54, 1.807) is 4.90 Å². The number of rotatable bonds is 5. The van der Waals surface area contributed by atoms with Crippen LogP contribution in [-0.4, -0.2) is 25.1 Å². The summed E-state index contributed by atoms with van der Waals surface area (Å²) in [4.78, 5) is 16.6. The van der Waals surface area contributed by atoms with Crippen molar-refractivity contribution in [3.63, 3.8) is 0 Å². The zero-order valence-electron chi connectivity index (χ0n) is 11.7. The van der Waals surface area contributed by atoms with Crippen LogP contribution in [0.1, 0.15) is 20.3 Å². The number of azide groups is 1. The zero-order valence-corrected chi connectivity index (χ0v) is 11.7. The van der Waals surface area contributed by atoms with E-state index in [0.29, 0.717) is 25.3 Å². The van der Waals surface area contributed by atoms with Crippen molar-refractivity contribution >= 4 is 11.6 Å². The fourth-order valence-electron chi connectivity index (χ4n) is 2.32. The van der Waals surface area contributed by atoms with E-state index in [4.69, 9.17) is 10.3 Å². The quantitative estimate of drug-likeness (QED) is 0.469. The molecule has 1 aromatic rings. The molecule has 1 aromatic carbocycles. The fourth-order valence-corrected chi connectivity index (χ4v) is 2.32. The second-order valence-electron chi connectivity index (χ2n) is 5.12. The minimum atomic E-state index is 0.0444. The first-order chi connectivity index (χ1) is 9.61. The van der Waals surface area contributed by atoms with Crippen LogP contribution < -0.4 is 9.64 Å². The smallest absolute Gasteiger partial charge is 0.227 e. The van der Waals surface area contributed by atoms with Gasteiger partial charge in [0.05, 0.1) is 11.8 Å². The zero-order chi connectivity index (χ0) is 14.5. The Balaban J connectivity index is 2.19. The molecule has 0 spiro atoms. The summed E-state index contributed by atoms with van der Waals surface area (Å²) in [7, 11) is 0. The molecule has 0 aromatic heterocycles. The molecule has 0 N–H and O–H groups in total. The molecule has 0 radical (unpaired) electrons. The fraction of sp³-hybridized carbons (Fsp3) is 0.500. The van der Waals surface area contributed by atoms with Crippen molar-refractivity contribution < 1.29 is 9.53 Å². The van der Waals surface area contributed by atoms with Gasteiger partial charge in [-0.05, 0) is 37.4 Å². The van der Waals surface area contributed by atoms with Crippen LogP contribution in [0.25, 0.3) is 10.4 Å². The van der Waals surface area contributed by atoms with E-state index < -0.39 is 0 Å². The number of ether oxygens (including phenoxy) is 1. The highest BCUT2D eigenvalue weighted by molar-refractivity contribution is 5.97. The van der Waals surface area contributed by atoms with Crippen molar-refractivity contribution in [3.05, 3.63) is 34.7 Å². The Morgan fingerprint density at radius 3 is 2.95 bits per heavy atom. The Morgan fingerprint density at radius 2 is 2.25 bits per heavy atom. The number of nitrogens with zero attached hydrogens (tertiary/aromatic N) is 4. The number of amides is 1. The monoisotopic (exact) mass is 274 g/mol. The number of hydrogen-bond donors (Lipinski definition) is 0. The highest BCUT2D eigenvalue weighted by Crippen LogP contribution is 2.33. The lowest BCUT2D eigenvalue weighted by molar-refractivity contribution is -0.117. The SMILES string of the molecule is CC(C)Oc1ccccc1N1CC(CN=[N+]=[N-])CC1=O. The summed E-state index contributed by atoms with van der Waals surface area (Å²) in [6, 6.07) is 7.52. The number of para-hydroxylation sites is 2. The van der Waals surface area contributed by atoms with Gasteiger partial charge in [-0.25, -0.2) is 0 Å². The first-order valence-corrected chi connectivity index (χ1v) is 6.68. The average Bonchev–Trinajstić information content (AvgIpc) is 2.77. The highest BCUT2D eigenvalue weighted by atomic mass is 16.5. The van der Waals surface area contributed by atoms with Crippen LogP contribution in [0.2, 0.25) is 0 Å². The lowest BCUT2D eigenvalue weighted by atomic mass is 10.1. The maximum Gasteiger partial charge on any atom is 0.227 e. The minimum absolute atomic E-state index is 0.0444. The first-order valence-electron chi connectivity index (χ1n) is 6.68. The predicted molar refractivity (Wildman–Crippen MR) is 76.7 cm³/mol. The van der Waals surface area contributed by atoms with Gasteiger partial charge in [0, 0.05) is 24.4 Å². The summed E-state index contributed by atoms with van der Waals surface area (Å²) in [5.74, 6) is 0.828. The third kappa shape index (κ3) is 3.22. The van der Waals surface area contributed by atoms with Crippen LogP contribution >= 0.6 is 0 Å². The van der Waals surface area contributed by atoms with E-state index in [2.05, 4.69) is 10.0 Å². The van der Waals surface area contributed by atoms with E-state index in [1.807, 2.05) is 38.1 Å². The van der Waals surface area contributed by atoms with Crippen molar-refractivity contribution in [2.45, 2.75) is 26.4 Å². The van der Waals surface area contributed by atoms with Gasteiger partial charge >= 0.3 is 0 Å². The van der Waals surface area contributed by atoms with E-state index in [1.165, 1.54) is 0 Å². The number of carbonyl (C=O) groups excluding carboxylic acids is 1. The van der Waals surface area contributed by atoms with Crippen molar-refractivity contribution in [3.8, 4) is 5.75 Å². The number of benzene rings is 1. The van der Waals surface area contributed by atoms with Gasteiger partial charge in [0.25, 0.3) is 0 Å². The van der Waals surface area contributed by atoms with Crippen LogP contribution in [0.4, 0.5) is 5.69 Å². The maximum atomic E-state index is 12.1. The van der Waals surface area contributed by atoms with Gasteiger partial charge in [-0.2, -0.15) is 0 Å². The Hall–Kier alpha value is -2.20. The largest absolute Gasteiger partial charge is 0.489 e. The van der Waals surface area contributed by atoms with Crippen LogP contribution in [0, 0.1) is 5.92 Å². The van der Waals surface area contributed by atoms with Crippen LogP contribution in [0.5, 0.6) is 5.75 Å². The maximum absolute atomic E-state index is 12.1. The topological polar surface area (TPSA) is 78.3 Å². The summed E-state index contributed by atoms with van der Waals surface area (Å²) < 4.78 is 5.75. The van der Waals surface area contributed by atoms with E-state index in [9.17, 15) is 4.79 Å². The van der Waals surface area contributed by atoms with Crippen LogP contribution in [0.3, 0.4) is 0 Å². The molecule has 6 heteroatoms. The molecule has 1 aliphatic heterocycles. The summed E-state index contributed by atoms with van der Waals surface area (Å²) in [6.07, 6.45) is 0.461. The van der Waals surface area contributed by atoms with E-state index in [-0.39, 0.29) is 17.9 Å². The lowest BCUT2D eigenvalue weighted by Gasteiger charge is -2.21. The lowest BCUT2D eigenvalue weighted by Crippen LogP contribution is -2.25. The molecule has 0 aliphatic carbocycles. The molecule has 0 bridgehead atoms. The molecule has 106 valence electrons. The minimum Gasteiger partial charge on any atom is -0.489 e. The number of hydrogen-bond acceptors (Lipinski definition) is 3. The van der Waals surface area contributed by atoms with Gasteiger partial charge in [-0.15, -0.1) is 0 Å². The van der Waals surface area contributed by atoms with Gasteiger partial charge in [-0.1, -0.05) is 17.2 Å². The second kappa shape index (κ2) is 6.30. The molecule has 0 saturated carbocycles. The Bertz CT molecular complexity index is 538. The third-order valence-corrected chi connectivity index (χ3v) is 3.13. The van der Waals surface area contributed by atoms with Gasteiger partial charge < -0.3 is 9.64 Å². The summed E-state index contributed by atoms with van der Waals surface area (Å²) in [6.45, 7) is 4.82. The van der Waals surface area contributed by atoms with Crippen LogP contribution in [-0.2, 0) is 4.79 Å². The molecule has 6 nitrogen and oxygen atoms in total. The first kappa shape index (κ1) is 14.2. The summed E-state index contributed by atoms with van der Waals surface area (Å²) >= 11 is 0. The molecule has 1 aliphatic rings. The second-order valence-corrected chi connectivity index (χ2v) is 5.12. The standard InChI is InChI=1S/C14H18N4O2/c1-10(2)20-13-6-4-3-5-12(13)18-9-11(7-14(18)19)8-16-17-15/h3-6,10-11H,7-9H2,1-2H3. The van der Waals surface area contributed by atoms with E-state index in [0.717, 1.165) is 5.69 Å². The van der Waals surface area contributed by atoms with Gasteiger partial charge in [0.2, 0.25) is 5.91 Å². The molecule has 1 unspecified atom stereocenters. The van der Waals surface area contributed by atoms with E-state index >= 15 is 0 Å². The summed E-state index contributed by atoms with van der Waals surface area (Å²) in [5, 5.41) is 3.56. The predicted octanol–water partition coefficient (Wildman–Crippen LogP) is 3.14. The van der Waals surface area contributed by atoms with Crippen molar-refractivity contribution in [2.24, 2.45) is 11.0 Å². The van der Waals surface area contributed by atoms with Crippen molar-refractivity contribution in [1.82, 2.24) is 0 Å². The molecule has 1 fully saturated rings. The Morgan fingerprint density at radius 1 is 1.50 bits per heavy atom. The molecule has 1 atom stereocenters. The van der Waals surface area contributed by atoms with Crippen LogP contribution in [0.15, 0.2) is 29.4 Å². The number of carbonyl (C=O) groups is 1. The molecular weight excluding hydrogens is 256 g/mol. The molecule has 1 saturated heterocycles. The highest BCUT2D eigenvalue weighted by Gasteiger charge is 2.31. The molecule has 1 heterocycles.